The maximum atomic E-state index is 4.52. The zero-order valence-electron chi connectivity index (χ0n) is 13.3. The molecule has 0 spiro atoms. The second-order valence-electron chi connectivity index (χ2n) is 5.42. The molecule has 1 aromatic heterocycles. The smallest absolute Gasteiger partial charge is 0.224 e. The van der Waals surface area contributed by atoms with Gasteiger partial charge in [-0.15, -0.1) is 0 Å². The van der Waals surface area contributed by atoms with Gasteiger partial charge in [0.25, 0.3) is 0 Å². The summed E-state index contributed by atoms with van der Waals surface area (Å²) >= 11 is 0. The Kier molecular flexibility index (Phi) is 5.14. The van der Waals surface area contributed by atoms with Gasteiger partial charge >= 0.3 is 0 Å². The van der Waals surface area contributed by atoms with Crippen LogP contribution in [-0.2, 0) is 0 Å². The fourth-order valence-corrected chi connectivity index (χ4v) is 2.12. The van der Waals surface area contributed by atoms with Crippen LogP contribution >= 0.6 is 0 Å². The molecule has 0 aliphatic heterocycles. The first kappa shape index (κ1) is 15.3. The van der Waals surface area contributed by atoms with E-state index in [1.807, 2.05) is 13.0 Å². The molecule has 0 saturated heterocycles. The van der Waals surface area contributed by atoms with Gasteiger partial charge in [-0.25, -0.2) is 4.98 Å². The van der Waals surface area contributed by atoms with Gasteiger partial charge in [0.05, 0.1) is 0 Å². The van der Waals surface area contributed by atoms with Crippen LogP contribution in [0, 0.1) is 13.8 Å². The summed E-state index contributed by atoms with van der Waals surface area (Å²) in [5, 5.41) is 6.68. The number of anilines is 2. The topological polar surface area (TPSA) is 49.8 Å². The summed E-state index contributed by atoms with van der Waals surface area (Å²) in [7, 11) is 0. The summed E-state index contributed by atoms with van der Waals surface area (Å²) in [5.74, 6) is 1.55. The third-order valence-electron chi connectivity index (χ3n) is 3.33. The van der Waals surface area contributed by atoms with E-state index in [1.54, 1.807) is 0 Å². The highest BCUT2D eigenvalue weighted by molar-refractivity contribution is 5.44. The monoisotopic (exact) mass is 284 g/mol. The van der Waals surface area contributed by atoms with Gasteiger partial charge in [-0.1, -0.05) is 36.8 Å². The van der Waals surface area contributed by atoms with Gasteiger partial charge in [0.15, 0.2) is 0 Å². The van der Waals surface area contributed by atoms with Crippen molar-refractivity contribution in [2.45, 2.75) is 40.2 Å². The van der Waals surface area contributed by atoms with E-state index >= 15 is 0 Å². The molecule has 1 unspecified atom stereocenters. The molecular formula is C17H24N4. The Balaban J connectivity index is 2.10. The van der Waals surface area contributed by atoms with Crippen molar-refractivity contribution >= 4 is 11.8 Å². The van der Waals surface area contributed by atoms with E-state index in [9.17, 15) is 0 Å². The number of aryl methyl sites for hydroxylation is 2. The van der Waals surface area contributed by atoms with Crippen molar-refractivity contribution < 1.29 is 0 Å². The van der Waals surface area contributed by atoms with Crippen molar-refractivity contribution in [3.05, 3.63) is 47.2 Å². The van der Waals surface area contributed by atoms with E-state index in [1.165, 1.54) is 11.1 Å². The molecule has 0 amide bonds. The average Bonchev–Trinajstić information content (AvgIpc) is 2.45. The zero-order chi connectivity index (χ0) is 15.2. The van der Waals surface area contributed by atoms with Crippen molar-refractivity contribution in [3.63, 3.8) is 0 Å². The van der Waals surface area contributed by atoms with Gasteiger partial charge in [-0.3, -0.25) is 0 Å². The summed E-state index contributed by atoms with van der Waals surface area (Å²) in [4.78, 5) is 8.92. The average molecular weight is 284 g/mol. The molecule has 4 nitrogen and oxygen atoms in total. The van der Waals surface area contributed by atoms with Crippen LogP contribution in [0.2, 0.25) is 0 Å². The minimum atomic E-state index is 0.207. The quantitative estimate of drug-likeness (QED) is 0.839. The van der Waals surface area contributed by atoms with Crippen molar-refractivity contribution in [3.8, 4) is 0 Å². The minimum Gasteiger partial charge on any atom is -0.363 e. The fraction of sp³-hybridized carbons (Fsp3) is 0.412. The van der Waals surface area contributed by atoms with Gasteiger partial charge in [-0.05, 0) is 32.8 Å². The SMILES string of the molecule is CCCNc1nc(C)cc(NC(C)c2ccc(C)cc2)n1. The maximum Gasteiger partial charge on any atom is 0.224 e. The first-order chi connectivity index (χ1) is 10.1. The van der Waals surface area contributed by atoms with Gasteiger partial charge in [0.1, 0.15) is 5.82 Å². The first-order valence-corrected chi connectivity index (χ1v) is 7.51. The Hall–Kier alpha value is -2.10. The minimum absolute atomic E-state index is 0.207. The van der Waals surface area contributed by atoms with Crippen LogP contribution in [0.1, 0.15) is 43.1 Å². The molecule has 0 aliphatic carbocycles. The van der Waals surface area contributed by atoms with E-state index in [0.29, 0.717) is 5.95 Å². The lowest BCUT2D eigenvalue weighted by Crippen LogP contribution is -2.11. The van der Waals surface area contributed by atoms with E-state index in [-0.39, 0.29) is 6.04 Å². The Bertz CT molecular complexity index is 578. The molecule has 4 heteroatoms. The number of hydrogen-bond acceptors (Lipinski definition) is 4. The first-order valence-electron chi connectivity index (χ1n) is 7.51. The van der Waals surface area contributed by atoms with Gasteiger partial charge < -0.3 is 10.6 Å². The molecule has 2 N–H and O–H groups in total. The Morgan fingerprint density at radius 1 is 1.10 bits per heavy atom. The fourth-order valence-electron chi connectivity index (χ4n) is 2.12. The molecule has 21 heavy (non-hydrogen) atoms. The van der Waals surface area contributed by atoms with Crippen molar-refractivity contribution in [2.75, 3.05) is 17.2 Å². The summed E-state index contributed by atoms with van der Waals surface area (Å²) in [6.45, 7) is 9.24. The molecule has 0 aliphatic rings. The van der Waals surface area contributed by atoms with Crippen LogP contribution in [0.5, 0.6) is 0 Å². The predicted molar refractivity (Wildman–Crippen MR) is 88.8 cm³/mol. The van der Waals surface area contributed by atoms with Gasteiger partial charge in [-0.2, -0.15) is 4.98 Å². The van der Waals surface area contributed by atoms with E-state index in [4.69, 9.17) is 0 Å². The normalized spacial score (nSPS) is 12.0. The summed E-state index contributed by atoms with van der Waals surface area (Å²) in [5.41, 5.74) is 3.48. The lowest BCUT2D eigenvalue weighted by atomic mass is 10.1. The van der Waals surface area contributed by atoms with Crippen molar-refractivity contribution in [2.24, 2.45) is 0 Å². The molecule has 2 rings (SSSR count). The second-order valence-corrected chi connectivity index (χ2v) is 5.42. The Morgan fingerprint density at radius 2 is 1.81 bits per heavy atom. The molecular weight excluding hydrogens is 260 g/mol. The Morgan fingerprint density at radius 3 is 2.48 bits per heavy atom. The predicted octanol–water partition coefficient (Wildman–Crippen LogP) is 4.09. The van der Waals surface area contributed by atoms with E-state index in [2.05, 4.69) is 65.6 Å². The summed E-state index contributed by atoms with van der Waals surface area (Å²) in [6.07, 6.45) is 1.06. The van der Waals surface area contributed by atoms with Crippen LogP contribution in [0.3, 0.4) is 0 Å². The summed E-state index contributed by atoms with van der Waals surface area (Å²) in [6, 6.07) is 10.7. The van der Waals surface area contributed by atoms with Crippen molar-refractivity contribution in [1.82, 2.24) is 9.97 Å². The molecule has 0 radical (unpaired) electrons. The standard InChI is InChI=1S/C17H24N4/c1-5-10-18-17-19-13(3)11-16(21-17)20-14(4)15-8-6-12(2)7-9-15/h6-9,11,14H,5,10H2,1-4H3,(H2,18,19,20,21). The number of benzene rings is 1. The second kappa shape index (κ2) is 7.07. The van der Waals surface area contributed by atoms with Crippen LogP contribution in [0.15, 0.2) is 30.3 Å². The molecule has 2 aromatic rings. The summed E-state index contributed by atoms with van der Waals surface area (Å²) < 4.78 is 0. The van der Waals surface area contributed by atoms with Crippen molar-refractivity contribution in [1.29, 1.82) is 0 Å². The largest absolute Gasteiger partial charge is 0.363 e. The number of nitrogens with zero attached hydrogens (tertiary/aromatic N) is 2. The third-order valence-corrected chi connectivity index (χ3v) is 3.33. The van der Waals surface area contributed by atoms with Gasteiger partial charge in [0, 0.05) is 24.3 Å². The molecule has 112 valence electrons. The van der Waals surface area contributed by atoms with Gasteiger partial charge in [0.2, 0.25) is 5.95 Å². The molecule has 0 bridgehead atoms. The third kappa shape index (κ3) is 4.45. The number of aromatic nitrogens is 2. The highest BCUT2D eigenvalue weighted by Gasteiger charge is 2.08. The Labute approximate surface area is 127 Å². The molecule has 1 aromatic carbocycles. The maximum absolute atomic E-state index is 4.52. The molecule has 0 fully saturated rings. The molecule has 1 atom stereocenters. The van der Waals surface area contributed by atoms with Crippen LogP contribution < -0.4 is 10.6 Å². The lowest BCUT2D eigenvalue weighted by molar-refractivity contribution is 0.867. The van der Waals surface area contributed by atoms with E-state index in [0.717, 1.165) is 24.5 Å². The van der Waals surface area contributed by atoms with Crippen LogP contribution in [0.4, 0.5) is 11.8 Å². The van der Waals surface area contributed by atoms with Crippen LogP contribution in [0.25, 0.3) is 0 Å². The highest BCUT2D eigenvalue weighted by atomic mass is 15.1. The zero-order valence-corrected chi connectivity index (χ0v) is 13.3. The highest BCUT2D eigenvalue weighted by Crippen LogP contribution is 2.19. The molecule has 1 heterocycles. The van der Waals surface area contributed by atoms with Crippen LogP contribution in [-0.4, -0.2) is 16.5 Å². The lowest BCUT2D eigenvalue weighted by Gasteiger charge is -2.16. The number of rotatable bonds is 6. The van der Waals surface area contributed by atoms with E-state index < -0.39 is 0 Å². The number of hydrogen-bond donors (Lipinski definition) is 2. The number of nitrogens with one attached hydrogen (secondary N) is 2. The molecule has 0 saturated carbocycles.